The lowest BCUT2D eigenvalue weighted by Crippen LogP contribution is -2.51. The smallest absolute Gasteiger partial charge is 0.407 e. The summed E-state index contributed by atoms with van der Waals surface area (Å²) in [6.07, 6.45) is 2.90. The van der Waals surface area contributed by atoms with E-state index in [-0.39, 0.29) is 36.8 Å². The first-order valence-corrected chi connectivity index (χ1v) is 12.5. The maximum atomic E-state index is 13.0. The Morgan fingerprint density at radius 1 is 1.03 bits per heavy atom. The summed E-state index contributed by atoms with van der Waals surface area (Å²) in [6, 6.07) is 15.3. The van der Waals surface area contributed by atoms with Crippen molar-refractivity contribution in [1.29, 1.82) is 0 Å². The lowest BCUT2D eigenvalue weighted by atomic mass is 9.75. The van der Waals surface area contributed by atoms with Crippen LogP contribution in [0.2, 0.25) is 0 Å². The number of carbonyl (C=O) groups excluding carboxylic acids is 2. The van der Waals surface area contributed by atoms with Gasteiger partial charge in [0.05, 0.1) is 5.92 Å². The molecule has 3 atom stereocenters. The van der Waals surface area contributed by atoms with E-state index in [0.717, 1.165) is 41.5 Å². The van der Waals surface area contributed by atoms with Gasteiger partial charge < -0.3 is 20.5 Å². The van der Waals surface area contributed by atoms with Crippen molar-refractivity contribution in [2.24, 2.45) is 17.8 Å². The van der Waals surface area contributed by atoms with Crippen LogP contribution in [0.25, 0.3) is 11.1 Å². The van der Waals surface area contributed by atoms with Crippen molar-refractivity contribution in [3.05, 3.63) is 59.7 Å². The van der Waals surface area contributed by atoms with Crippen molar-refractivity contribution in [2.75, 3.05) is 13.2 Å². The molecule has 3 N–H and O–H groups in total. The first-order valence-electron chi connectivity index (χ1n) is 12.5. The zero-order valence-corrected chi connectivity index (χ0v) is 20.3. The van der Waals surface area contributed by atoms with Crippen molar-refractivity contribution in [3.63, 3.8) is 0 Å². The minimum Gasteiger partial charge on any atom is -0.480 e. The van der Waals surface area contributed by atoms with Crippen LogP contribution in [0.4, 0.5) is 4.79 Å². The molecule has 1 saturated carbocycles. The number of hydrogen-bond donors (Lipinski definition) is 3. The lowest BCUT2D eigenvalue weighted by Gasteiger charge is -2.34. The number of amides is 2. The predicted octanol–water partition coefficient (Wildman–Crippen LogP) is 4.56. The summed E-state index contributed by atoms with van der Waals surface area (Å²) in [5.41, 5.74) is 4.59. The first-order chi connectivity index (χ1) is 16.9. The molecule has 0 heterocycles. The molecule has 0 aromatic heterocycles. The highest BCUT2D eigenvalue weighted by Gasteiger charge is 2.36. The number of hydrogen-bond acceptors (Lipinski definition) is 4. The Morgan fingerprint density at radius 3 is 2.14 bits per heavy atom. The van der Waals surface area contributed by atoms with Gasteiger partial charge in [-0.05, 0) is 46.9 Å². The summed E-state index contributed by atoms with van der Waals surface area (Å²) in [5, 5.41) is 15.0. The molecule has 2 aliphatic carbocycles. The van der Waals surface area contributed by atoms with Crippen molar-refractivity contribution >= 4 is 18.0 Å². The predicted molar refractivity (Wildman–Crippen MR) is 133 cm³/mol. The molecule has 4 rings (SSSR count). The summed E-state index contributed by atoms with van der Waals surface area (Å²) in [6.45, 7) is 4.04. The molecule has 7 nitrogen and oxygen atoms in total. The van der Waals surface area contributed by atoms with Crippen LogP contribution in [0, 0.1) is 17.8 Å². The second kappa shape index (κ2) is 10.9. The molecule has 2 aliphatic rings. The van der Waals surface area contributed by atoms with Gasteiger partial charge in [0.15, 0.2) is 0 Å². The summed E-state index contributed by atoms with van der Waals surface area (Å²) in [5.74, 6) is -1.92. The third kappa shape index (κ3) is 5.34. The van der Waals surface area contributed by atoms with Crippen LogP contribution >= 0.6 is 0 Å². The van der Waals surface area contributed by atoms with Gasteiger partial charge in [0.2, 0.25) is 5.91 Å². The zero-order chi connectivity index (χ0) is 24.9. The Morgan fingerprint density at radius 2 is 1.63 bits per heavy atom. The number of alkyl carbamates (subject to hydrolysis) is 1. The molecule has 7 heteroatoms. The standard InChI is InChI=1S/C28H34N2O5/c1-3-17(2)25(27(32)33)30-26(31)23(18-9-8-10-18)15-29-28(34)35-16-24-21-13-6-4-11-19(21)20-12-5-7-14-22(20)24/h4-7,11-14,17-18,23-25H,3,8-10,15-16H2,1-2H3,(H,29,34)(H,30,31)(H,32,33)/t17?,23?,25-/m0/s1. The Kier molecular flexibility index (Phi) is 7.73. The molecular weight excluding hydrogens is 444 g/mol. The van der Waals surface area contributed by atoms with Gasteiger partial charge in [-0.1, -0.05) is 75.2 Å². The van der Waals surface area contributed by atoms with Crippen LogP contribution in [0.15, 0.2) is 48.5 Å². The van der Waals surface area contributed by atoms with E-state index in [1.54, 1.807) is 0 Å². The quantitative estimate of drug-likeness (QED) is 0.464. The zero-order valence-electron chi connectivity index (χ0n) is 20.3. The number of rotatable bonds is 10. The van der Waals surface area contributed by atoms with Crippen LogP contribution in [0.3, 0.4) is 0 Å². The van der Waals surface area contributed by atoms with E-state index >= 15 is 0 Å². The summed E-state index contributed by atoms with van der Waals surface area (Å²) < 4.78 is 5.60. The van der Waals surface area contributed by atoms with Gasteiger partial charge in [-0.15, -0.1) is 0 Å². The number of carbonyl (C=O) groups is 3. The molecule has 0 radical (unpaired) electrons. The highest BCUT2D eigenvalue weighted by atomic mass is 16.5. The van der Waals surface area contributed by atoms with Gasteiger partial charge >= 0.3 is 12.1 Å². The summed E-state index contributed by atoms with van der Waals surface area (Å²) in [4.78, 5) is 37.3. The van der Waals surface area contributed by atoms with E-state index in [2.05, 4.69) is 34.9 Å². The fourth-order valence-corrected chi connectivity index (χ4v) is 5.10. The van der Waals surface area contributed by atoms with Crippen LogP contribution in [0.1, 0.15) is 56.6 Å². The number of carboxylic acid groups (broad SMARTS) is 1. The molecule has 2 aromatic carbocycles. The third-order valence-corrected chi connectivity index (χ3v) is 7.64. The Hall–Kier alpha value is -3.35. The van der Waals surface area contributed by atoms with Gasteiger partial charge in [-0.2, -0.15) is 0 Å². The SMILES string of the molecule is CCC(C)[C@H](NC(=O)C(CNC(=O)OCC1c2ccccc2-c2ccccc21)C1CCC1)C(=O)O. The normalized spacial score (nSPS) is 17.3. The lowest BCUT2D eigenvalue weighted by molar-refractivity contribution is -0.144. The molecule has 2 unspecified atom stereocenters. The van der Waals surface area contributed by atoms with E-state index in [4.69, 9.17) is 4.74 Å². The van der Waals surface area contributed by atoms with Crippen molar-refractivity contribution < 1.29 is 24.2 Å². The highest BCUT2D eigenvalue weighted by molar-refractivity contribution is 5.86. The monoisotopic (exact) mass is 478 g/mol. The average Bonchev–Trinajstić information content (AvgIpc) is 3.15. The third-order valence-electron chi connectivity index (χ3n) is 7.64. The molecule has 2 aromatic rings. The maximum absolute atomic E-state index is 13.0. The second-order valence-electron chi connectivity index (χ2n) is 9.71. The van der Waals surface area contributed by atoms with Gasteiger partial charge in [0.1, 0.15) is 12.6 Å². The van der Waals surface area contributed by atoms with Gasteiger partial charge in [-0.3, -0.25) is 4.79 Å². The Bertz CT molecular complexity index is 1040. The number of fused-ring (bicyclic) bond motifs is 3. The number of nitrogens with one attached hydrogen (secondary N) is 2. The van der Waals surface area contributed by atoms with E-state index in [1.165, 1.54) is 0 Å². The summed E-state index contributed by atoms with van der Waals surface area (Å²) >= 11 is 0. The topological polar surface area (TPSA) is 105 Å². The molecule has 2 amide bonds. The molecule has 0 bridgehead atoms. The Labute approximate surface area is 206 Å². The first kappa shape index (κ1) is 24.8. The van der Waals surface area contributed by atoms with Crippen LogP contribution in [0.5, 0.6) is 0 Å². The van der Waals surface area contributed by atoms with Crippen molar-refractivity contribution in [3.8, 4) is 11.1 Å². The Balaban J connectivity index is 1.36. The molecule has 35 heavy (non-hydrogen) atoms. The fourth-order valence-electron chi connectivity index (χ4n) is 5.10. The molecule has 1 fully saturated rings. The second-order valence-corrected chi connectivity index (χ2v) is 9.71. The number of aliphatic carboxylic acids is 1. The maximum Gasteiger partial charge on any atom is 0.407 e. The van der Waals surface area contributed by atoms with Crippen LogP contribution < -0.4 is 10.6 Å². The largest absolute Gasteiger partial charge is 0.480 e. The van der Waals surface area contributed by atoms with E-state index < -0.39 is 24.0 Å². The van der Waals surface area contributed by atoms with E-state index in [9.17, 15) is 19.5 Å². The minimum absolute atomic E-state index is 0.0364. The van der Waals surface area contributed by atoms with Gasteiger partial charge in [-0.25, -0.2) is 9.59 Å². The van der Waals surface area contributed by atoms with Gasteiger partial charge in [0, 0.05) is 12.5 Å². The highest BCUT2D eigenvalue weighted by Crippen LogP contribution is 2.44. The number of carboxylic acids is 1. The van der Waals surface area contributed by atoms with E-state index in [0.29, 0.717) is 6.42 Å². The average molecular weight is 479 g/mol. The fraction of sp³-hybridized carbons (Fsp3) is 0.464. The molecule has 0 spiro atoms. The van der Waals surface area contributed by atoms with E-state index in [1.807, 2.05) is 38.1 Å². The van der Waals surface area contributed by atoms with Crippen molar-refractivity contribution in [1.82, 2.24) is 10.6 Å². The number of ether oxygens (including phenoxy) is 1. The molecule has 0 aliphatic heterocycles. The van der Waals surface area contributed by atoms with Crippen LogP contribution in [-0.4, -0.2) is 42.3 Å². The molecular formula is C28H34N2O5. The van der Waals surface area contributed by atoms with Crippen LogP contribution in [-0.2, 0) is 14.3 Å². The molecule has 0 saturated heterocycles. The van der Waals surface area contributed by atoms with Crippen molar-refractivity contribution in [2.45, 2.75) is 51.5 Å². The molecule has 186 valence electrons. The summed E-state index contributed by atoms with van der Waals surface area (Å²) in [7, 11) is 0. The van der Waals surface area contributed by atoms with Gasteiger partial charge in [0.25, 0.3) is 0 Å². The number of benzene rings is 2. The minimum atomic E-state index is -1.04.